The zero-order valence-corrected chi connectivity index (χ0v) is 22.0. The van der Waals surface area contributed by atoms with E-state index in [1.165, 1.54) is 16.0 Å². The van der Waals surface area contributed by atoms with Gasteiger partial charge in [-0.15, -0.1) is 0 Å². The Morgan fingerprint density at radius 1 is 1.05 bits per heavy atom. The van der Waals surface area contributed by atoms with Crippen molar-refractivity contribution in [3.05, 3.63) is 59.2 Å². The van der Waals surface area contributed by atoms with Crippen LogP contribution in [0.2, 0.25) is 0 Å². The normalized spacial score (nSPS) is 13.5. The van der Waals surface area contributed by atoms with Crippen molar-refractivity contribution in [2.24, 2.45) is 0 Å². The molecule has 0 aliphatic heterocycles. The predicted molar refractivity (Wildman–Crippen MR) is 139 cm³/mol. The van der Waals surface area contributed by atoms with Gasteiger partial charge in [0.1, 0.15) is 19.0 Å². The number of anilines is 1. The van der Waals surface area contributed by atoms with Crippen molar-refractivity contribution in [1.82, 2.24) is 4.90 Å². The van der Waals surface area contributed by atoms with Crippen LogP contribution in [0.3, 0.4) is 0 Å². The van der Waals surface area contributed by atoms with E-state index in [4.69, 9.17) is 9.47 Å². The number of carbonyl (C=O) groups is 2. The highest BCUT2D eigenvalue weighted by Crippen LogP contribution is 2.25. The predicted octanol–water partition coefficient (Wildman–Crippen LogP) is 5.09. The summed E-state index contributed by atoms with van der Waals surface area (Å²) in [6.45, 7) is 1.10. The number of fused-ring (bicyclic) bond motifs is 1. The maximum atomic E-state index is 13.0. The average Bonchev–Trinajstić information content (AvgIpc) is 3.35. The van der Waals surface area contributed by atoms with Gasteiger partial charge in [-0.1, -0.05) is 18.2 Å². The number of ether oxygens (including phenoxy) is 3. The van der Waals surface area contributed by atoms with E-state index in [-0.39, 0.29) is 45.2 Å². The van der Waals surface area contributed by atoms with Gasteiger partial charge in [0, 0.05) is 31.9 Å². The van der Waals surface area contributed by atoms with Crippen LogP contribution in [0, 0.1) is 0 Å². The molecule has 2 N–H and O–H groups in total. The number of halogens is 3. The van der Waals surface area contributed by atoms with Crippen molar-refractivity contribution < 1.29 is 42.1 Å². The van der Waals surface area contributed by atoms with Crippen molar-refractivity contribution in [3.63, 3.8) is 0 Å². The van der Waals surface area contributed by atoms with Crippen molar-refractivity contribution >= 4 is 17.7 Å². The number of nitrogens with zero attached hydrogens (tertiary/aromatic N) is 1. The van der Waals surface area contributed by atoms with Crippen LogP contribution in [-0.4, -0.2) is 73.8 Å². The molecule has 0 aromatic heterocycles. The zero-order chi connectivity index (χ0) is 28.3. The highest BCUT2D eigenvalue weighted by Gasteiger charge is 2.27. The monoisotopic (exact) mass is 552 g/mol. The Morgan fingerprint density at radius 2 is 1.79 bits per heavy atom. The maximum absolute atomic E-state index is 13.0. The fourth-order valence-corrected chi connectivity index (χ4v) is 4.34. The van der Waals surface area contributed by atoms with Gasteiger partial charge in [0.05, 0.1) is 6.54 Å². The lowest BCUT2D eigenvalue weighted by molar-refractivity contribution is -0.174. The summed E-state index contributed by atoms with van der Waals surface area (Å²) in [5.41, 5.74) is 3.93. The molecule has 1 aliphatic rings. The molecule has 0 radical (unpaired) electrons. The Labute approximate surface area is 226 Å². The van der Waals surface area contributed by atoms with Crippen molar-refractivity contribution in [2.45, 2.75) is 51.3 Å². The van der Waals surface area contributed by atoms with Gasteiger partial charge in [-0.25, -0.2) is 9.59 Å². The van der Waals surface area contributed by atoms with Crippen molar-refractivity contribution in [3.8, 4) is 5.75 Å². The molecule has 0 spiro atoms. The smallest absolute Gasteiger partial charge is 0.411 e. The van der Waals surface area contributed by atoms with Gasteiger partial charge in [-0.05, 0) is 73.6 Å². The standard InChI is InChI=1S/C28H35F3N2O6/c1-2-38-25(26(34)35)17-20-7-11-24(12-8-20)39-16-14-33(13-4-15-37-19-28(29,30)31)27(36)32-23-10-9-21-5-3-6-22(21)18-23/h7-12,18,25H,2-6,13-17,19H2,1H3,(H,32,36)(H,34,35). The Kier molecular flexibility index (Phi) is 11.4. The van der Waals surface area contributed by atoms with E-state index >= 15 is 0 Å². The second-order valence-corrected chi connectivity index (χ2v) is 9.25. The molecule has 8 nitrogen and oxygen atoms in total. The molecule has 0 fully saturated rings. The van der Waals surface area contributed by atoms with E-state index < -0.39 is 24.9 Å². The van der Waals surface area contributed by atoms with Crippen molar-refractivity contribution in [1.29, 1.82) is 0 Å². The second kappa shape index (κ2) is 14.7. The summed E-state index contributed by atoms with van der Waals surface area (Å²) in [4.78, 5) is 25.8. The molecule has 39 heavy (non-hydrogen) atoms. The van der Waals surface area contributed by atoms with Crippen LogP contribution in [0.25, 0.3) is 0 Å². The Hall–Kier alpha value is -3.31. The van der Waals surface area contributed by atoms with E-state index in [9.17, 15) is 27.9 Å². The van der Waals surface area contributed by atoms with Gasteiger partial charge >= 0.3 is 18.2 Å². The van der Waals surface area contributed by atoms with Gasteiger partial charge in [0.25, 0.3) is 0 Å². The number of amides is 2. The Balaban J connectivity index is 1.54. The summed E-state index contributed by atoms with van der Waals surface area (Å²) >= 11 is 0. The topological polar surface area (TPSA) is 97.3 Å². The number of carbonyl (C=O) groups excluding carboxylic acids is 1. The third-order valence-electron chi connectivity index (χ3n) is 6.24. The average molecular weight is 553 g/mol. The van der Waals surface area contributed by atoms with E-state index in [1.807, 2.05) is 18.2 Å². The molecule has 3 rings (SSSR count). The van der Waals surface area contributed by atoms with E-state index in [2.05, 4.69) is 10.1 Å². The van der Waals surface area contributed by atoms with Crippen LogP contribution in [0.15, 0.2) is 42.5 Å². The number of aliphatic carboxylic acids is 1. The lowest BCUT2D eigenvalue weighted by Gasteiger charge is -2.23. The summed E-state index contributed by atoms with van der Waals surface area (Å²) in [6.07, 6.45) is -1.80. The number of benzene rings is 2. The lowest BCUT2D eigenvalue weighted by Crippen LogP contribution is -2.39. The molecule has 0 bridgehead atoms. The third kappa shape index (κ3) is 10.4. The van der Waals surface area contributed by atoms with E-state index in [0.29, 0.717) is 18.0 Å². The van der Waals surface area contributed by atoms with E-state index in [0.717, 1.165) is 24.8 Å². The Bertz CT molecular complexity index is 1080. The molecule has 2 amide bonds. The van der Waals surface area contributed by atoms with Crippen LogP contribution >= 0.6 is 0 Å². The molecule has 214 valence electrons. The van der Waals surface area contributed by atoms with Gasteiger partial charge in [0.2, 0.25) is 0 Å². The van der Waals surface area contributed by atoms with Gasteiger partial charge in [0.15, 0.2) is 6.10 Å². The van der Waals surface area contributed by atoms with Crippen LogP contribution in [0.5, 0.6) is 5.75 Å². The summed E-state index contributed by atoms with van der Waals surface area (Å²) in [7, 11) is 0. The second-order valence-electron chi connectivity index (χ2n) is 9.25. The molecular weight excluding hydrogens is 517 g/mol. The largest absolute Gasteiger partial charge is 0.492 e. The first-order chi connectivity index (χ1) is 18.6. The number of aryl methyl sites for hydroxylation is 2. The van der Waals surface area contributed by atoms with Crippen LogP contribution in [-0.2, 0) is 33.5 Å². The summed E-state index contributed by atoms with van der Waals surface area (Å²) in [5.74, 6) is -0.492. The minimum Gasteiger partial charge on any atom is -0.492 e. The van der Waals surface area contributed by atoms with E-state index in [1.54, 1.807) is 31.2 Å². The SMILES string of the molecule is CCOC(Cc1ccc(OCCN(CCCOCC(F)(F)F)C(=O)Nc2ccc3c(c2)CCC3)cc1)C(=O)O. The first kappa shape index (κ1) is 30.2. The quantitative estimate of drug-likeness (QED) is 0.299. The summed E-state index contributed by atoms with van der Waals surface area (Å²) < 4.78 is 52.7. The number of hydrogen-bond acceptors (Lipinski definition) is 5. The minimum atomic E-state index is -4.40. The minimum absolute atomic E-state index is 0.135. The molecule has 1 atom stereocenters. The molecule has 1 aliphatic carbocycles. The first-order valence-electron chi connectivity index (χ1n) is 13.0. The summed E-state index contributed by atoms with van der Waals surface area (Å²) in [6, 6.07) is 12.4. The highest BCUT2D eigenvalue weighted by molar-refractivity contribution is 5.89. The van der Waals surface area contributed by atoms with Gasteiger partial charge in [-0.2, -0.15) is 13.2 Å². The van der Waals surface area contributed by atoms with Crippen LogP contribution in [0.4, 0.5) is 23.7 Å². The zero-order valence-electron chi connectivity index (χ0n) is 22.0. The number of alkyl halides is 3. The third-order valence-corrected chi connectivity index (χ3v) is 6.24. The van der Waals surface area contributed by atoms with Gasteiger partial charge < -0.3 is 29.5 Å². The van der Waals surface area contributed by atoms with Crippen LogP contribution < -0.4 is 10.1 Å². The molecule has 11 heteroatoms. The molecular formula is C28H35F3N2O6. The number of carboxylic acids is 1. The summed E-state index contributed by atoms with van der Waals surface area (Å²) in [5, 5.41) is 12.1. The molecule has 2 aromatic carbocycles. The maximum Gasteiger partial charge on any atom is 0.411 e. The number of urea groups is 1. The molecule has 0 saturated heterocycles. The molecule has 2 aromatic rings. The fourth-order valence-electron chi connectivity index (χ4n) is 4.34. The first-order valence-corrected chi connectivity index (χ1v) is 13.0. The molecule has 0 heterocycles. The molecule has 1 unspecified atom stereocenters. The number of nitrogens with one attached hydrogen (secondary N) is 1. The molecule has 0 saturated carbocycles. The lowest BCUT2D eigenvalue weighted by atomic mass is 10.1. The fraction of sp³-hybridized carbons (Fsp3) is 0.500. The highest BCUT2D eigenvalue weighted by atomic mass is 19.4. The van der Waals surface area contributed by atoms with Gasteiger partial charge in [-0.3, -0.25) is 0 Å². The Morgan fingerprint density at radius 3 is 2.49 bits per heavy atom. The number of rotatable bonds is 15. The van der Waals surface area contributed by atoms with Crippen LogP contribution in [0.1, 0.15) is 36.5 Å². The van der Waals surface area contributed by atoms with Crippen molar-refractivity contribution in [2.75, 3.05) is 44.8 Å². The number of hydrogen-bond donors (Lipinski definition) is 2. The number of carboxylic acid groups (broad SMARTS) is 1.